The summed E-state index contributed by atoms with van der Waals surface area (Å²) in [6.45, 7) is 17.3. The van der Waals surface area contributed by atoms with E-state index < -0.39 is 8.32 Å². The second-order valence-electron chi connectivity index (χ2n) is 10.2. The highest BCUT2D eigenvalue weighted by Crippen LogP contribution is 2.49. The van der Waals surface area contributed by atoms with E-state index in [0.717, 1.165) is 19.4 Å². The van der Waals surface area contributed by atoms with Gasteiger partial charge in [-0.05, 0) is 65.9 Å². The Morgan fingerprint density at radius 3 is 2.48 bits per heavy atom. The normalized spacial score (nSPS) is 26.5. The van der Waals surface area contributed by atoms with Gasteiger partial charge >= 0.3 is 0 Å². The first-order chi connectivity index (χ1) is 11.5. The minimum Gasteiger partial charge on any atom is -0.410 e. The zero-order valence-electron chi connectivity index (χ0n) is 17.2. The van der Waals surface area contributed by atoms with Crippen molar-refractivity contribution >= 4 is 8.32 Å². The molecule has 1 aliphatic heterocycles. The predicted octanol–water partition coefficient (Wildman–Crippen LogP) is 6.57. The van der Waals surface area contributed by atoms with Gasteiger partial charge in [-0.1, -0.05) is 52.8 Å². The maximum atomic E-state index is 6.78. The summed E-state index contributed by atoms with van der Waals surface area (Å²) in [5, 5.41) is 0.252. The van der Waals surface area contributed by atoms with E-state index >= 15 is 0 Å². The number of hydrogen-bond donors (Lipinski definition) is 0. The third-order valence-corrected chi connectivity index (χ3v) is 11.2. The van der Waals surface area contributed by atoms with Crippen LogP contribution in [0, 0.1) is 5.41 Å². The van der Waals surface area contributed by atoms with Gasteiger partial charge in [-0.25, -0.2) is 0 Å². The lowest BCUT2D eigenvalue weighted by Gasteiger charge is -2.40. The van der Waals surface area contributed by atoms with Crippen molar-refractivity contribution in [2.24, 2.45) is 5.41 Å². The summed E-state index contributed by atoms with van der Waals surface area (Å²) >= 11 is 0. The van der Waals surface area contributed by atoms with Gasteiger partial charge in [-0.15, -0.1) is 0 Å². The molecule has 0 amide bonds. The molecular formula is C22H36O2Si. The molecule has 1 saturated heterocycles. The van der Waals surface area contributed by atoms with Crippen LogP contribution in [0.25, 0.3) is 0 Å². The van der Waals surface area contributed by atoms with Crippen molar-refractivity contribution in [2.75, 3.05) is 6.61 Å². The molecule has 0 saturated carbocycles. The molecule has 2 nitrogen and oxygen atoms in total. The maximum Gasteiger partial charge on any atom is 0.192 e. The van der Waals surface area contributed by atoms with Gasteiger partial charge in [0.1, 0.15) is 0 Å². The van der Waals surface area contributed by atoms with Crippen molar-refractivity contribution in [2.45, 2.75) is 90.6 Å². The van der Waals surface area contributed by atoms with Crippen LogP contribution in [0.2, 0.25) is 18.1 Å². The van der Waals surface area contributed by atoms with E-state index in [4.69, 9.17) is 9.16 Å². The predicted molar refractivity (Wildman–Crippen MR) is 107 cm³/mol. The molecule has 0 spiro atoms. The SMILES string of the molecule is CC1(C)CCCOC1c1cccc2c1CC[C@@H]2O[Si](C)(C)C(C)(C)C. The van der Waals surface area contributed by atoms with Crippen LogP contribution < -0.4 is 0 Å². The van der Waals surface area contributed by atoms with Crippen LogP contribution in [0.4, 0.5) is 0 Å². The Balaban J connectivity index is 1.90. The quantitative estimate of drug-likeness (QED) is 0.567. The van der Waals surface area contributed by atoms with Crippen LogP contribution in [-0.4, -0.2) is 14.9 Å². The molecular weight excluding hydrogens is 324 g/mol. The fraction of sp³-hybridized carbons (Fsp3) is 0.727. The zero-order chi connectivity index (χ0) is 18.5. The summed E-state index contributed by atoms with van der Waals surface area (Å²) < 4.78 is 13.0. The van der Waals surface area contributed by atoms with Crippen molar-refractivity contribution in [3.05, 3.63) is 34.9 Å². The van der Waals surface area contributed by atoms with Crippen molar-refractivity contribution in [1.29, 1.82) is 0 Å². The first kappa shape index (κ1) is 19.1. The Hall–Kier alpha value is -0.643. The molecule has 3 heteroatoms. The van der Waals surface area contributed by atoms with E-state index in [0.29, 0.717) is 0 Å². The van der Waals surface area contributed by atoms with Gasteiger partial charge in [0.15, 0.2) is 8.32 Å². The lowest BCUT2D eigenvalue weighted by Crippen LogP contribution is -2.41. The summed E-state index contributed by atoms with van der Waals surface area (Å²) in [6.07, 6.45) is 5.15. The number of rotatable bonds is 3. The van der Waals surface area contributed by atoms with E-state index in [9.17, 15) is 0 Å². The highest BCUT2D eigenvalue weighted by molar-refractivity contribution is 6.74. The standard InChI is InChI=1S/C22H36O2Si/c1-21(2,3)25(6,7)24-19-13-12-16-17(19)10-8-11-18(16)20-22(4,5)14-9-15-23-20/h8,10-11,19-20H,9,12-15H2,1-7H3/t19-,20?/m0/s1. The number of fused-ring (bicyclic) bond motifs is 1. The van der Waals surface area contributed by atoms with Crippen LogP contribution in [-0.2, 0) is 15.6 Å². The Labute approximate surface area is 155 Å². The minimum atomic E-state index is -1.75. The lowest BCUT2D eigenvalue weighted by molar-refractivity contribution is -0.0704. The highest BCUT2D eigenvalue weighted by atomic mass is 28.4. The molecule has 1 aromatic rings. The largest absolute Gasteiger partial charge is 0.410 e. The molecule has 0 N–H and O–H groups in total. The molecule has 1 aromatic carbocycles. The molecule has 25 heavy (non-hydrogen) atoms. The fourth-order valence-corrected chi connectivity index (χ4v) is 5.45. The third-order valence-electron chi connectivity index (χ3n) is 6.74. The Morgan fingerprint density at radius 2 is 1.84 bits per heavy atom. The molecule has 0 radical (unpaired) electrons. The summed E-state index contributed by atoms with van der Waals surface area (Å²) in [6, 6.07) is 6.81. The summed E-state index contributed by atoms with van der Waals surface area (Å²) in [7, 11) is -1.75. The second kappa shape index (κ2) is 6.51. The number of benzene rings is 1. The Bertz CT molecular complexity index is 627. The van der Waals surface area contributed by atoms with Gasteiger partial charge in [0.2, 0.25) is 0 Å². The molecule has 3 rings (SSSR count). The summed E-state index contributed by atoms with van der Waals surface area (Å²) in [5.41, 5.74) is 4.56. The van der Waals surface area contributed by atoms with E-state index in [2.05, 4.69) is 65.9 Å². The molecule has 2 aliphatic rings. The summed E-state index contributed by atoms with van der Waals surface area (Å²) in [5.74, 6) is 0. The topological polar surface area (TPSA) is 18.5 Å². The second-order valence-corrected chi connectivity index (χ2v) is 14.9. The van der Waals surface area contributed by atoms with Gasteiger partial charge < -0.3 is 9.16 Å². The Morgan fingerprint density at radius 1 is 1.16 bits per heavy atom. The maximum absolute atomic E-state index is 6.78. The van der Waals surface area contributed by atoms with E-state index in [-0.39, 0.29) is 22.7 Å². The van der Waals surface area contributed by atoms with Crippen molar-refractivity contribution < 1.29 is 9.16 Å². The minimum absolute atomic E-state index is 0.214. The fourth-order valence-electron chi connectivity index (χ4n) is 4.14. The first-order valence-corrected chi connectivity index (χ1v) is 12.8. The molecule has 0 aromatic heterocycles. The summed E-state index contributed by atoms with van der Waals surface area (Å²) in [4.78, 5) is 0. The highest BCUT2D eigenvalue weighted by Gasteiger charge is 2.42. The Kier molecular flexibility index (Phi) is 4.98. The molecule has 1 heterocycles. The van der Waals surface area contributed by atoms with Crippen molar-refractivity contribution in [1.82, 2.24) is 0 Å². The van der Waals surface area contributed by atoms with Crippen LogP contribution in [0.3, 0.4) is 0 Å². The smallest absolute Gasteiger partial charge is 0.192 e. The number of hydrogen-bond acceptors (Lipinski definition) is 2. The van der Waals surface area contributed by atoms with Crippen molar-refractivity contribution in [3.8, 4) is 0 Å². The van der Waals surface area contributed by atoms with E-state index in [1.807, 2.05) is 0 Å². The van der Waals surface area contributed by atoms with Crippen LogP contribution >= 0.6 is 0 Å². The molecule has 1 aliphatic carbocycles. The zero-order valence-corrected chi connectivity index (χ0v) is 18.2. The van der Waals surface area contributed by atoms with Crippen molar-refractivity contribution in [3.63, 3.8) is 0 Å². The van der Waals surface area contributed by atoms with E-state index in [1.54, 1.807) is 0 Å². The molecule has 1 fully saturated rings. The van der Waals surface area contributed by atoms with Gasteiger partial charge in [0.05, 0.1) is 12.2 Å². The lowest BCUT2D eigenvalue weighted by atomic mass is 9.76. The van der Waals surface area contributed by atoms with Crippen LogP contribution in [0.15, 0.2) is 18.2 Å². The monoisotopic (exact) mass is 360 g/mol. The van der Waals surface area contributed by atoms with Gasteiger partial charge in [-0.3, -0.25) is 0 Å². The van der Waals surface area contributed by atoms with Gasteiger partial charge in [0.25, 0.3) is 0 Å². The molecule has 0 bridgehead atoms. The average Bonchev–Trinajstić information content (AvgIpc) is 2.88. The van der Waals surface area contributed by atoms with E-state index in [1.165, 1.54) is 29.5 Å². The number of ether oxygens (including phenoxy) is 1. The van der Waals surface area contributed by atoms with Gasteiger partial charge in [0, 0.05) is 6.61 Å². The third kappa shape index (κ3) is 3.61. The van der Waals surface area contributed by atoms with Gasteiger partial charge in [-0.2, -0.15) is 0 Å². The van der Waals surface area contributed by atoms with Crippen LogP contribution in [0.1, 0.15) is 82.8 Å². The molecule has 140 valence electrons. The molecule has 1 unspecified atom stereocenters. The first-order valence-electron chi connectivity index (χ1n) is 9.94. The molecule has 2 atom stereocenters. The van der Waals surface area contributed by atoms with Crippen LogP contribution in [0.5, 0.6) is 0 Å². The average molecular weight is 361 g/mol.